The first-order valence-electron chi connectivity index (χ1n) is 6.50. The highest BCUT2D eigenvalue weighted by molar-refractivity contribution is 9.10. The van der Waals surface area contributed by atoms with Crippen LogP contribution in [-0.2, 0) is 6.54 Å². The van der Waals surface area contributed by atoms with Gasteiger partial charge in [-0.15, -0.1) is 0 Å². The third-order valence-corrected chi connectivity index (χ3v) is 3.74. The number of nitrogens with zero attached hydrogens (tertiary/aromatic N) is 1. The zero-order chi connectivity index (χ0) is 15.4. The minimum Gasteiger partial charge on any atom is -0.335 e. The lowest BCUT2D eigenvalue weighted by Gasteiger charge is -2.21. The molecule has 21 heavy (non-hydrogen) atoms. The van der Waals surface area contributed by atoms with Crippen molar-refractivity contribution in [2.24, 2.45) is 0 Å². The summed E-state index contributed by atoms with van der Waals surface area (Å²) in [5.41, 5.74) is 0.969. The molecule has 0 aromatic heterocycles. The van der Waals surface area contributed by atoms with Crippen molar-refractivity contribution in [3.8, 4) is 0 Å². The molecule has 0 fully saturated rings. The van der Waals surface area contributed by atoms with Crippen LogP contribution < -0.4 is 0 Å². The van der Waals surface area contributed by atoms with Crippen molar-refractivity contribution in [3.05, 3.63) is 69.7 Å². The van der Waals surface area contributed by atoms with Crippen molar-refractivity contribution in [2.45, 2.75) is 13.5 Å². The maximum absolute atomic E-state index is 13.5. The smallest absolute Gasteiger partial charge is 0.254 e. The van der Waals surface area contributed by atoms with Gasteiger partial charge in [-0.05, 0) is 58.7 Å². The average Bonchev–Trinajstić information content (AvgIpc) is 2.47. The van der Waals surface area contributed by atoms with Gasteiger partial charge < -0.3 is 4.90 Å². The van der Waals surface area contributed by atoms with E-state index in [0.717, 1.165) is 0 Å². The minimum atomic E-state index is -0.484. The fourth-order valence-corrected chi connectivity index (χ4v) is 2.24. The van der Waals surface area contributed by atoms with Crippen LogP contribution in [0, 0.1) is 11.6 Å². The van der Waals surface area contributed by atoms with E-state index >= 15 is 0 Å². The number of amides is 1. The number of halogens is 3. The lowest BCUT2D eigenvalue weighted by atomic mass is 10.1. The summed E-state index contributed by atoms with van der Waals surface area (Å²) in [5.74, 6) is -1.11. The Morgan fingerprint density at radius 2 is 1.95 bits per heavy atom. The van der Waals surface area contributed by atoms with E-state index in [4.69, 9.17) is 0 Å². The second kappa shape index (κ2) is 6.80. The third-order valence-electron chi connectivity index (χ3n) is 3.10. The van der Waals surface area contributed by atoms with Crippen LogP contribution in [0.1, 0.15) is 22.8 Å². The lowest BCUT2D eigenvalue weighted by molar-refractivity contribution is 0.0752. The molecule has 5 heteroatoms. The molecular weight excluding hydrogens is 340 g/mol. The molecule has 0 aliphatic carbocycles. The number of rotatable bonds is 4. The minimum absolute atomic E-state index is 0.272. The van der Waals surface area contributed by atoms with E-state index in [-0.39, 0.29) is 23.8 Å². The van der Waals surface area contributed by atoms with Crippen LogP contribution in [0.15, 0.2) is 46.9 Å². The van der Waals surface area contributed by atoms with Crippen LogP contribution in [0.25, 0.3) is 0 Å². The molecule has 0 aliphatic rings. The maximum atomic E-state index is 13.5. The van der Waals surface area contributed by atoms with Crippen molar-refractivity contribution in [2.75, 3.05) is 6.54 Å². The Balaban J connectivity index is 2.20. The first kappa shape index (κ1) is 15.6. The predicted octanol–water partition coefficient (Wildman–Crippen LogP) is 4.39. The molecule has 0 bridgehead atoms. The summed E-state index contributed by atoms with van der Waals surface area (Å²) in [5, 5.41) is 0. The summed E-state index contributed by atoms with van der Waals surface area (Å²) in [6.45, 7) is 2.56. The Morgan fingerprint density at radius 1 is 1.19 bits per heavy atom. The SMILES string of the molecule is CCN(Cc1cccc(F)c1)C(=O)c1ccc(Br)c(F)c1. The Kier molecular flexibility index (Phi) is 5.07. The van der Waals surface area contributed by atoms with E-state index < -0.39 is 5.82 Å². The fourth-order valence-electron chi connectivity index (χ4n) is 1.99. The van der Waals surface area contributed by atoms with Gasteiger partial charge in [-0.3, -0.25) is 4.79 Å². The van der Waals surface area contributed by atoms with Gasteiger partial charge >= 0.3 is 0 Å². The quantitative estimate of drug-likeness (QED) is 0.798. The largest absolute Gasteiger partial charge is 0.335 e. The van der Waals surface area contributed by atoms with Crippen molar-refractivity contribution in [1.82, 2.24) is 4.90 Å². The highest BCUT2D eigenvalue weighted by Crippen LogP contribution is 2.18. The molecule has 0 radical (unpaired) electrons. The van der Waals surface area contributed by atoms with Crippen molar-refractivity contribution in [1.29, 1.82) is 0 Å². The van der Waals surface area contributed by atoms with Crippen molar-refractivity contribution in [3.63, 3.8) is 0 Å². The molecule has 0 atom stereocenters. The van der Waals surface area contributed by atoms with Gasteiger partial charge in [0.05, 0.1) is 4.47 Å². The van der Waals surface area contributed by atoms with E-state index in [1.54, 1.807) is 18.2 Å². The van der Waals surface area contributed by atoms with Gasteiger partial charge in [0.2, 0.25) is 0 Å². The van der Waals surface area contributed by atoms with Crippen LogP contribution in [0.2, 0.25) is 0 Å². The highest BCUT2D eigenvalue weighted by atomic mass is 79.9. The molecule has 0 heterocycles. The third kappa shape index (κ3) is 3.88. The molecule has 0 spiro atoms. The van der Waals surface area contributed by atoms with Crippen molar-refractivity contribution < 1.29 is 13.6 Å². The fraction of sp³-hybridized carbons (Fsp3) is 0.188. The number of hydrogen-bond donors (Lipinski definition) is 0. The maximum Gasteiger partial charge on any atom is 0.254 e. The second-order valence-corrected chi connectivity index (χ2v) is 5.43. The summed E-state index contributed by atoms with van der Waals surface area (Å²) >= 11 is 3.05. The van der Waals surface area contributed by atoms with Crippen LogP contribution in [0.3, 0.4) is 0 Å². The number of carbonyl (C=O) groups excluding carboxylic acids is 1. The summed E-state index contributed by atoms with van der Waals surface area (Å²) in [6.07, 6.45) is 0. The van der Waals surface area contributed by atoms with E-state index in [2.05, 4.69) is 15.9 Å². The first-order valence-corrected chi connectivity index (χ1v) is 7.29. The van der Waals surface area contributed by atoms with Gasteiger partial charge in [-0.25, -0.2) is 8.78 Å². The normalized spacial score (nSPS) is 10.5. The van der Waals surface area contributed by atoms with E-state index in [9.17, 15) is 13.6 Å². The molecule has 2 aromatic carbocycles. The monoisotopic (exact) mass is 353 g/mol. The summed E-state index contributed by atoms with van der Waals surface area (Å²) < 4.78 is 27.0. The molecule has 0 saturated heterocycles. The van der Waals surface area contributed by atoms with Gasteiger partial charge in [0.25, 0.3) is 5.91 Å². The van der Waals surface area contributed by atoms with Crippen LogP contribution in [0.4, 0.5) is 8.78 Å². The Labute approximate surface area is 130 Å². The van der Waals surface area contributed by atoms with Gasteiger partial charge in [0.1, 0.15) is 11.6 Å². The molecule has 0 N–H and O–H groups in total. The average molecular weight is 354 g/mol. The molecule has 2 rings (SSSR count). The Hall–Kier alpha value is -1.75. The van der Waals surface area contributed by atoms with Crippen LogP contribution in [0.5, 0.6) is 0 Å². The molecule has 1 amide bonds. The summed E-state index contributed by atoms with van der Waals surface area (Å²) in [6, 6.07) is 10.3. The van der Waals surface area contributed by atoms with Gasteiger partial charge in [0.15, 0.2) is 0 Å². The van der Waals surface area contributed by atoms with Gasteiger partial charge in [0, 0.05) is 18.7 Å². The number of hydrogen-bond acceptors (Lipinski definition) is 1. The van der Waals surface area contributed by atoms with E-state index in [1.807, 2.05) is 6.92 Å². The number of carbonyl (C=O) groups is 1. The lowest BCUT2D eigenvalue weighted by Crippen LogP contribution is -2.30. The van der Waals surface area contributed by atoms with Crippen LogP contribution in [-0.4, -0.2) is 17.4 Å². The highest BCUT2D eigenvalue weighted by Gasteiger charge is 2.16. The Morgan fingerprint density at radius 3 is 2.57 bits per heavy atom. The summed E-state index contributed by atoms with van der Waals surface area (Å²) in [7, 11) is 0. The van der Waals surface area contributed by atoms with E-state index in [0.29, 0.717) is 16.6 Å². The molecular formula is C16H14BrF2NO. The topological polar surface area (TPSA) is 20.3 Å². The number of benzene rings is 2. The van der Waals surface area contributed by atoms with Crippen LogP contribution >= 0.6 is 15.9 Å². The Bertz CT molecular complexity index is 660. The molecule has 2 aromatic rings. The van der Waals surface area contributed by atoms with Gasteiger partial charge in [-0.2, -0.15) is 0 Å². The second-order valence-electron chi connectivity index (χ2n) is 4.58. The van der Waals surface area contributed by atoms with Gasteiger partial charge in [-0.1, -0.05) is 12.1 Å². The molecule has 110 valence electrons. The molecule has 0 saturated carbocycles. The molecule has 0 unspecified atom stereocenters. The zero-order valence-electron chi connectivity index (χ0n) is 11.4. The predicted molar refractivity (Wildman–Crippen MR) is 80.9 cm³/mol. The molecule has 0 aliphatic heterocycles. The summed E-state index contributed by atoms with van der Waals surface area (Å²) in [4.78, 5) is 13.9. The molecule has 2 nitrogen and oxygen atoms in total. The zero-order valence-corrected chi connectivity index (χ0v) is 13.0. The standard InChI is InChI=1S/C16H14BrF2NO/c1-2-20(10-11-4-3-5-13(18)8-11)16(21)12-6-7-14(17)15(19)9-12/h3-9H,2,10H2,1H3. The first-order chi connectivity index (χ1) is 10.0. The van der Waals surface area contributed by atoms with Crippen molar-refractivity contribution >= 4 is 21.8 Å². The van der Waals surface area contributed by atoms with E-state index in [1.165, 1.54) is 29.2 Å².